The SMILES string of the molecule is CCCCCCC=C[C@@H]1[C@@H](CCCCCC(OC2CCCCO2)C(=O)O)[C@@H](O)[C@H]2OC(C)(C)O[C@@H]12. The summed E-state index contributed by atoms with van der Waals surface area (Å²) in [6, 6.07) is 0. The maximum absolute atomic E-state index is 11.6. The molecule has 0 aromatic heterocycles. The zero-order chi connectivity index (χ0) is 25.3. The van der Waals surface area contributed by atoms with Crippen LogP contribution in [0.5, 0.6) is 0 Å². The first-order chi connectivity index (χ1) is 16.8. The largest absolute Gasteiger partial charge is 0.479 e. The summed E-state index contributed by atoms with van der Waals surface area (Å²) in [5.41, 5.74) is 0. The highest BCUT2D eigenvalue weighted by Crippen LogP contribution is 2.47. The van der Waals surface area contributed by atoms with Crippen molar-refractivity contribution < 1.29 is 34.0 Å². The summed E-state index contributed by atoms with van der Waals surface area (Å²) in [5, 5.41) is 20.6. The van der Waals surface area contributed by atoms with Gasteiger partial charge < -0.3 is 29.2 Å². The standard InChI is InChI=1S/C28H48O7/c1-4-5-6-7-8-10-16-21-20(24(29)26-25(21)34-28(2,3)35-26)15-11-9-12-17-22(27(30)31)33-23-18-13-14-19-32-23/h10,16,20-26,29H,4-9,11-15,17-19H2,1-3H3,(H,30,31)/t20-,21-,22?,23?,24-,25+,26-/m1/s1. The maximum Gasteiger partial charge on any atom is 0.332 e. The van der Waals surface area contributed by atoms with Crippen molar-refractivity contribution in [2.45, 2.75) is 141 Å². The van der Waals surface area contributed by atoms with Crippen LogP contribution in [-0.2, 0) is 23.7 Å². The summed E-state index contributed by atoms with van der Waals surface area (Å²) in [4.78, 5) is 11.6. The molecule has 0 aromatic rings. The van der Waals surface area contributed by atoms with Crippen molar-refractivity contribution in [3.8, 4) is 0 Å². The van der Waals surface area contributed by atoms with Gasteiger partial charge in [0.25, 0.3) is 0 Å². The van der Waals surface area contributed by atoms with E-state index in [0.29, 0.717) is 13.0 Å². The summed E-state index contributed by atoms with van der Waals surface area (Å²) in [7, 11) is 0. The topological polar surface area (TPSA) is 94.5 Å². The van der Waals surface area contributed by atoms with Gasteiger partial charge in [-0.15, -0.1) is 0 Å². The van der Waals surface area contributed by atoms with Crippen LogP contribution in [0.15, 0.2) is 12.2 Å². The Morgan fingerprint density at radius 1 is 1.09 bits per heavy atom. The highest BCUT2D eigenvalue weighted by atomic mass is 16.8. The Labute approximate surface area is 211 Å². The molecule has 1 aliphatic carbocycles. The zero-order valence-corrected chi connectivity index (χ0v) is 22.0. The lowest BCUT2D eigenvalue weighted by Crippen LogP contribution is -2.33. The number of aliphatic carboxylic acids is 1. The van der Waals surface area contributed by atoms with E-state index in [1.165, 1.54) is 25.7 Å². The third kappa shape index (κ3) is 8.53. The van der Waals surface area contributed by atoms with Gasteiger partial charge in [-0.1, -0.05) is 57.6 Å². The van der Waals surface area contributed by atoms with Gasteiger partial charge >= 0.3 is 5.97 Å². The van der Waals surface area contributed by atoms with Crippen molar-refractivity contribution in [1.29, 1.82) is 0 Å². The van der Waals surface area contributed by atoms with E-state index in [0.717, 1.165) is 51.4 Å². The van der Waals surface area contributed by atoms with Crippen molar-refractivity contribution in [2.24, 2.45) is 11.8 Å². The Kier molecular flexibility index (Phi) is 11.5. The number of unbranched alkanes of at least 4 members (excludes halogenated alkanes) is 6. The average molecular weight is 497 g/mol. The molecule has 2 heterocycles. The van der Waals surface area contributed by atoms with Crippen molar-refractivity contribution in [3.05, 3.63) is 12.2 Å². The molecule has 1 saturated carbocycles. The van der Waals surface area contributed by atoms with Crippen LogP contribution in [0.25, 0.3) is 0 Å². The fraction of sp³-hybridized carbons (Fsp3) is 0.893. The van der Waals surface area contributed by atoms with Gasteiger partial charge in [0.05, 0.1) is 12.2 Å². The van der Waals surface area contributed by atoms with Crippen LogP contribution < -0.4 is 0 Å². The van der Waals surface area contributed by atoms with Crippen LogP contribution in [0.3, 0.4) is 0 Å². The number of hydrogen-bond acceptors (Lipinski definition) is 6. The molecule has 7 nitrogen and oxygen atoms in total. The Balaban J connectivity index is 1.46. The number of rotatable bonds is 15. The van der Waals surface area contributed by atoms with Crippen molar-refractivity contribution >= 4 is 5.97 Å². The second-order valence-electron chi connectivity index (χ2n) is 11.0. The summed E-state index contributed by atoms with van der Waals surface area (Å²) in [5.74, 6) is -1.35. The first kappa shape index (κ1) is 28.6. The minimum Gasteiger partial charge on any atom is -0.479 e. The normalized spacial score (nSPS) is 33.3. The summed E-state index contributed by atoms with van der Waals surface area (Å²) in [6.07, 6.45) is 15.1. The van der Waals surface area contributed by atoms with Crippen molar-refractivity contribution in [1.82, 2.24) is 0 Å². The molecule has 2 unspecified atom stereocenters. The molecule has 35 heavy (non-hydrogen) atoms. The number of carbonyl (C=O) groups is 1. The Bertz CT molecular complexity index is 658. The molecule has 2 N–H and O–H groups in total. The molecule has 2 aliphatic heterocycles. The molecule has 3 aliphatic rings. The first-order valence-electron chi connectivity index (χ1n) is 14.0. The molecule has 3 rings (SSSR count). The van der Waals surface area contributed by atoms with E-state index in [4.69, 9.17) is 18.9 Å². The molecule has 7 heteroatoms. The second kappa shape index (κ2) is 14.1. The lowest BCUT2D eigenvalue weighted by molar-refractivity contribution is -0.201. The molecule has 202 valence electrons. The average Bonchev–Trinajstić information content (AvgIpc) is 3.26. The quantitative estimate of drug-likeness (QED) is 0.225. The molecular formula is C28H48O7. The van der Waals surface area contributed by atoms with Gasteiger partial charge in [0.1, 0.15) is 6.10 Å². The lowest BCUT2D eigenvalue weighted by Gasteiger charge is -2.27. The number of fused-ring (bicyclic) bond motifs is 1. The number of carboxylic acid groups (broad SMARTS) is 1. The molecule has 0 bridgehead atoms. The van der Waals surface area contributed by atoms with E-state index in [-0.39, 0.29) is 24.0 Å². The van der Waals surface area contributed by atoms with Crippen LogP contribution >= 0.6 is 0 Å². The van der Waals surface area contributed by atoms with Gasteiger partial charge in [0, 0.05) is 12.5 Å². The molecule has 0 radical (unpaired) electrons. The van der Waals surface area contributed by atoms with Gasteiger partial charge in [0.15, 0.2) is 18.2 Å². The first-order valence-corrected chi connectivity index (χ1v) is 14.0. The summed E-state index contributed by atoms with van der Waals surface area (Å²) in [6.45, 7) is 6.69. The van der Waals surface area contributed by atoms with E-state index in [1.807, 2.05) is 13.8 Å². The van der Waals surface area contributed by atoms with Crippen LogP contribution in [0.1, 0.15) is 104 Å². The molecule has 2 saturated heterocycles. The van der Waals surface area contributed by atoms with Crippen LogP contribution in [0.2, 0.25) is 0 Å². The van der Waals surface area contributed by atoms with Gasteiger partial charge in [-0.3, -0.25) is 0 Å². The molecule has 0 amide bonds. The van der Waals surface area contributed by atoms with Gasteiger partial charge in [-0.05, 0) is 64.7 Å². The van der Waals surface area contributed by atoms with E-state index < -0.39 is 30.3 Å². The fourth-order valence-corrected chi connectivity index (χ4v) is 5.79. The Hall–Kier alpha value is -0.990. The molecule has 0 spiro atoms. The second-order valence-corrected chi connectivity index (χ2v) is 11.0. The van der Waals surface area contributed by atoms with Crippen molar-refractivity contribution in [2.75, 3.05) is 6.61 Å². The minimum absolute atomic E-state index is 0.0927. The Morgan fingerprint density at radius 2 is 1.86 bits per heavy atom. The van der Waals surface area contributed by atoms with Gasteiger partial charge in [-0.2, -0.15) is 0 Å². The fourth-order valence-electron chi connectivity index (χ4n) is 5.79. The molecule has 0 aromatic carbocycles. The third-order valence-corrected chi connectivity index (χ3v) is 7.63. The number of carboxylic acids is 1. The zero-order valence-electron chi connectivity index (χ0n) is 22.0. The number of allylic oxidation sites excluding steroid dienone is 1. The summed E-state index contributed by atoms with van der Waals surface area (Å²) >= 11 is 0. The van der Waals surface area contributed by atoms with E-state index in [2.05, 4.69) is 19.1 Å². The van der Waals surface area contributed by atoms with Crippen molar-refractivity contribution in [3.63, 3.8) is 0 Å². The summed E-state index contributed by atoms with van der Waals surface area (Å²) < 4.78 is 23.5. The Morgan fingerprint density at radius 3 is 2.57 bits per heavy atom. The third-order valence-electron chi connectivity index (χ3n) is 7.63. The van der Waals surface area contributed by atoms with Gasteiger partial charge in [-0.25, -0.2) is 4.79 Å². The smallest absolute Gasteiger partial charge is 0.332 e. The van der Waals surface area contributed by atoms with E-state index in [1.54, 1.807) is 0 Å². The monoisotopic (exact) mass is 496 g/mol. The highest BCUT2D eigenvalue weighted by molar-refractivity contribution is 5.72. The van der Waals surface area contributed by atoms with Gasteiger partial charge in [0.2, 0.25) is 0 Å². The van der Waals surface area contributed by atoms with Crippen LogP contribution in [0, 0.1) is 11.8 Å². The maximum atomic E-state index is 11.6. The number of aliphatic hydroxyl groups is 1. The lowest BCUT2D eigenvalue weighted by atomic mass is 9.87. The molecular weight excluding hydrogens is 448 g/mol. The van der Waals surface area contributed by atoms with E-state index in [9.17, 15) is 15.0 Å². The number of hydrogen-bond donors (Lipinski definition) is 2. The minimum atomic E-state index is -0.917. The van der Waals surface area contributed by atoms with Crippen LogP contribution in [0.4, 0.5) is 0 Å². The predicted octanol–water partition coefficient (Wildman–Crippen LogP) is 5.59. The van der Waals surface area contributed by atoms with E-state index >= 15 is 0 Å². The molecule has 3 fully saturated rings. The predicted molar refractivity (Wildman–Crippen MR) is 134 cm³/mol. The molecule has 7 atom stereocenters. The number of aliphatic hydroxyl groups excluding tert-OH is 1. The van der Waals surface area contributed by atoms with Crippen LogP contribution in [-0.4, -0.2) is 59.3 Å². The number of ether oxygens (including phenoxy) is 4. The highest BCUT2D eigenvalue weighted by Gasteiger charge is 2.57.